The van der Waals surface area contributed by atoms with Crippen LogP contribution < -0.4 is 10.6 Å². The molecule has 5 nitrogen and oxygen atoms in total. The van der Waals surface area contributed by atoms with Gasteiger partial charge in [0.1, 0.15) is 18.2 Å². The summed E-state index contributed by atoms with van der Waals surface area (Å²) in [6, 6.07) is 15.2. The third kappa shape index (κ3) is 7.03. The first-order chi connectivity index (χ1) is 12.6. The largest absolute Gasteiger partial charge is 0.459 e. The maximum Gasteiger partial charge on any atom is 0.408 e. The molecule has 2 atom stereocenters. The topological polar surface area (TPSA) is 64.6 Å². The highest BCUT2D eigenvalue weighted by Crippen LogP contribution is 2.19. The van der Waals surface area contributed by atoms with Crippen LogP contribution in [0.15, 0.2) is 48.5 Å². The van der Waals surface area contributed by atoms with Gasteiger partial charge < -0.3 is 14.8 Å². The van der Waals surface area contributed by atoms with Gasteiger partial charge in [-0.05, 0) is 49.7 Å². The molecule has 0 saturated heterocycles. The first kappa shape index (κ1) is 20.9. The van der Waals surface area contributed by atoms with Crippen molar-refractivity contribution in [3.63, 3.8) is 0 Å². The zero-order chi connectivity index (χ0) is 20.0. The van der Waals surface area contributed by atoms with Crippen LogP contribution in [0, 0.1) is 0 Å². The normalized spacial score (nSPS) is 12.2. The van der Waals surface area contributed by atoms with Gasteiger partial charge >= 0.3 is 12.1 Å². The van der Waals surface area contributed by atoms with E-state index < -0.39 is 23.7 Å². The molecule has 0 radical (unpaired) electrons. The lowest BCUT2D eigenvalue weighted by Crippen LogP contribution is -2.42. The quantitative estimate of drug-likeness (QED) is 0.626. The minimum Gasteiger partial charge on any atom is -0.459 e. The van der Waals surface area contributed by atoms with Crippen molar-refractivity contribution in [2.24, 2.45) is 0 Å². The summed E-state index contributed by atoms with van der Waals surface area (Å²) in [4.78, 5) is 23.7. The maximum absolute atomic E-state index is 12.0. The summed E-state index contributed by atoms with van der Waals surface area (Å²) in [5, 5.41) is 3.61. The Morgan fingerprint density at radius 1 is 1.00 bits per heavy atom. The van der Waals surface area contributed by atoms with Crippen LogP contribution in [0.4, 0.5) is 4.79 Å². The van der Waals surface area contributed by atoms with E-state index >= 15 is 0 Å². The molecule has 2 rings (SSSR count). The number of carbonyl (C=O) groups is 2. The van der Waals surface area contributed by atoms with E-state index in [2.05, 4.69) is 26.7 Å². The molecule has 1 amide bonds. The van der Waals surface area contributed by atoms with Crippen molar-refractivity contribution in [1.82, 2.24) is 5.32 Å². The number of esters is 1. The summed E-state index contributed by atoms with van der Waals surface area (Å²) in [5.74, 6) is -0.513. The Hall–Kier alpha value is -2.39. The minimum absolute atomic E-state index is 0.143. The molecule has 27 heavy (non-hydrogen) atoms. The highest BCUT2D eigenvalue weighted by atomic mass is 31.0. The van der Waals surface area contributed by atoms with Gasteiger partial charge in [0, 0.05) is 0 Å². The number of hydrogen-bond acceptors (Lipinski definition) is 4. The second-order valence-corrected chi connectivity index (χ2v) is 7.96. The van der Waals surface area contributed by atoms with Crippen molar-refractivity contribution >= 4 is 26.6 Å². The van der Waals surface area contributed by atoms with Crippen molar-refractivity contribution in [2.45, 2.75) is 45.9 Å². The number of amides is 1. The highest BCUT2D eigenvalue weighted by Gasteiger charge is 2.21. The van der Waals surface area contributed by atoms with Crippen LogP contribution >= 0.6 is 9.24 Å². The van der Waals surface area contributed by atoms with Crippen LogP contribution in [0.2, 0.25) is 0 Å². The predicted molar refractivity (Wildman–Crippen MR) is 110 cm³/mol. The van der Waals surface area contributed by atoms with Crippen LogP contribution in [0.1, 0.15) is 33.3 Å². The average molecular weight is 387 g/mol. The monoisotopic (exact) mass is 387 g/mol. The van der Waals surface area contributed by atoms with E-state index in [1.165, 1.54) is 0 Å². The minimum atomic E-state index is -0.787. The molecule has 0 aliphatic rings. The Kier molecular flexibility index (Phi) is 6.98. The highest BCUT2D eigenvalue weighted by molar-refractivity contribution is 7.27. The Balaban J connectivity index is 1.86. The fourth-order valence-electron chi connectivity index (χ4n) is 2.29. The van der Waals surface area contributed by atoms with Crippen LogP contribution in [0.3, 0.4) is 0 Å². The predicted octanol–water partition coefficient (Wildman–Crippen LogP) is 3.81. The van der Waals surface area contributed by atoms with Crippen molar-refractivity contribution < 1.29 is 19.1 Å². The van der Waals surface area contributed by atoms with E-state index in [0.717, 1.165) is 22.0 Å². The second kappa shape index (κ2) is 9.01. The number of alkyl carbamates (subject to hydrolysis) is 1. The zero-order valence-corrected chi connectivity index (χ0v) is 17.3. The molecular formula is C21H26NO4P. The van der Waals surface area contributed by atoms with Crippen LogP contribution in [0.5, 0.6) is 0 Å². The zero-order valence-electron chi connectivity index (χ0n) is 16.1. The van der Waals surface area contributed by atoms with E-state index in [1.54, 1.807) is 27.7 Å². The fourth-order valence-corrected chi connectivity index (χ4v) is 2.48. The second-order valence-electron chi connectivity index (χ2n) is 7.29. The van der Waals surface area contributed by atoms with Gasteiger partial charge in [0.2, 0.25) is 0 Å². The van der Waals surface area contributed by atoms with Gasteiger partial charge in [0.15, 0.2) is 0 Å². The lowest BCUT2D eigenvalue weighted by atomic mass is 10.0. The van der Waals surface area contributed by atoms with Crippen LogP contribution in [0.25, 0.3) is 11.1 Å². The number of rotatable bonds is 5. The first-order valence-corrected chi connectivity index (χ1v) is 9.33. The average Bonchev–Trinajstić information content (AvgIpc) is 2.59. The molecule has 2 unspecified atom stereocenters. The molecule has 144 valence electrons. The molecule has 2 aromatic rings. The molecule has 0 bridgehead atoms. The van der Waals surface area contributed by atoms with Crippen LogP contribution in [-0.4, -0.2) is 23.7 Å². The molecule has 0 spiro atoms. The Morgan fingerprint density at radius 3 is 2.04 bits per heavy atom. The van der Waals surface area contributed by atoms with E-state index in [0.29, 0.717) is 0 Å². The lowest BCUT2D eigenvalue weighted by molar-refractivity contribution is -0.147. The van der Waals surface area contributed by atoms with Crippen molar-refractivity contribution in [1.29, 1.82) is 0 Å². The van der Waals surface area contributed by atoms with Gasteiger partial charge in [0.25, 0.3) is 0 Å². The number of ether oxygens (including phenoxy) is 2. The summed E-state index contributed by atoms with van der Waals surface area (Å²) >= 11 is 0. The SMILES string of the molecule is CC(NC(=O)OC(C)(C)C)C(=O)OCc1ccc(-c2ccc(P)cc2)cc1. The molecule has 6 heteroatoms. The molecule has 0 fully saturated rings. The third-order valence-electron chi connectivity index (χ3n) is 3.67. The molecule has 0 aliphatic carbocycles. The third-order valence-corrected chi connectivity index (χ3v) is 4.05. The van der Waals surface area contributed by atoms with Crippen LogP contribution in [-0.2, 0) is 20.9 Å². The Bertz CT molecular complexity index is 779. The Labute approximate surface area is 162 Å². The van der Waals surface area contributed by atoms with Gasteiger partial charge in [0.05, 0.1) is 0 Å². The van der Waals surface area contributed by atoms with Gasteiger partial charge in [-0.3, -0.25) is 0 Å². The molecule has 0 heterocycles. The molecule has 2 aromatic carbocycles. The van der Waals surface area contributed by atoms with E-state index in [9.17, 15) is 9.59 Å². The van der Waals surface area contributed by atoms with Gasteiger partial charge in [-0.15, -0.1) is 9.24 Å². The van der Waals surface area contributed by atoms with Crippen molar-refractivity contribution in [3.8, 4) is 11.1 Å². The molecule has 1 N–H and O–H groups in total. The van der Waals surface area contributed by atoms with E-state index in [-0.39, 0.29) is 6.61 Å². The number of benzene rings is 2. The lowest BCUT2D eigenvalue weighted by Gasteiger charge is -2.21. The maximum atomic E-state index is 12.0. The van der Waals surface area contributed by atoms with Crippen molar-refractivity contribution in [3.05, 3.63) is 54.1 Å². The molecule has 0 saturated carbocycles. The van der Waals surface area contributed by atoms with E-state index in [4.69, 9.17) is 9.47 Å². The van der Waals surface area contributed by atoms with Gasteiger partial charge in [-0.2, -0.15) is 0 Å². The molecular weight excluding hydrogens is 361 g/mol. The Morgan fingerprint density at radius 2 is 1.52 bits per heavy atom. The number of hydrogen-bond donors (Lipinski definition) is 1. The van der Waals surface area contributed by atoms with Crippen molar-refractivity contribution in [2.75, 3.05) is 0 Å². The molecule has 0 aromatic heterocycles. The summed E-state index contributed by atoms with van der Waals surface area (Å²) in [6.07, 6.45) is -0.646. The fraction of sp³-hybridized carbons (Fsp3) is 0.333. The smallest absolute Gasteiger partial charge is 0.408 e. The van der Waals surface area contributed by atoms with Gasteiger partial charge in [-0.25, -0.2) is 9.59 Å². The summed E-state index contributed by atoms with van der Waals surface area (Å²) in [5.41, 5.74) is 2.47. The number of nitrogens with one attached hydrogen (secondary N) is 1. The standard InChI is InChI=1S/C21H26NO4P/c1-14(22-20(24)26-21(2,3)4)19(23)25-13-15-5-7-16(8-6-15)17-9-11-18(27)12-10-17/h5-12,14H,13,27H2,1-4H3,(H,22,24). The number of carbonyl (C=O) groups excluding carboxylic acids is 2. The summed E-state index contributed by atoms with van der Waals surface area (Å²) in [7, 11) is 2.66. The first-order valence-electron chi connectivity index (χ1n) is 8.75. The summed E-state index contributed by atoms with van der Waals surface area (Å²) in [6.45, 7) is 6.98. The van der Waals surface area contributed by atoms with Gasteiger partial charge in [-0.1, -0.05) is 48.5 Å². The van der Waals surface area contributed by atoms with E-state index in [1.807, 2.05) is 36.4 Å². The molecule has 0 aliphatic heterocycles. The summed E-state index contributed by atoms with van der Waals surface area (Å²) < 4.78 is 10.4.